The van der Waals surface area contributed by atoms with Gasteiger partial charge in [-0.05, 0) is 44.9 Å². The number of fused-ring (bicyclic) bond motifs is 2. The fourth-order valence-electron chi connectivity index (χ4n) is 3.62. The smallest absolute Gasteiger partial charge is 0.227 e. The molecule has 3 aromatic rings. The summed E-state index contributed by atoms with van der Waals surface area (Å²) in [6.07, 6.45) is 0.866. The lowest BCUT2D eigenvalue weighted by Crippen LogP contribution is -2.38. The van der Waals surface area contributed by atoms with Crippen LogP contribution in [0.3, 0.4) is 0 Å². The molecular weight excluding hydrogens is 347 g/mol. The van der Waals surface area contributed by atoms with Gasteiger partial charge in [0.15, 0.2) is 5.65 Å². The molecule has 6 nitrogen and oxygen atoms in total. The summed E-state index contributed by atoms with van der Waals surface area (Å²) in [5, 5.41) is 4.47. The molecular formula is C20H21FN4O2. The van der Waals surface area contributed by atoms with Crippen molar-refractivity contribution in [2.45, 2.75) is 33.6 Å². The van der Waals surface area contributed by atoms with Crippen LogP contribution in [-0.2, 0) is 11.2 Å². The molecule has 1 aliphatic rings. The molecule has 0 spiro atoms. The van der Waals surface area contributed by atoms with Gasteiger partial charge in [0, 0.05) is 29.9 Å². The molecule has 0 radical (unpaired) electrons. The summed E-state index contributed by atoms with van der Waals surface area (Å²) in [5.41, 5.74) is 5.14. The van der Waals surface area contributed by atoms with Crippen molar-refractivity contribution in [1.29, 1.82) is 0 Å². The van der Waals surface area contributed by atoms with Crippen molar-refractivity contribution in [2.24, 2.45) is 0 Å². The van der Waals surface area contributed by atoms with Gasteiger partial charge in [-0.15, -0.1) is 0 Å². The zero-order valence-electron chi connectivity index (χ0n) is 15.6. The lowest BCUT2D eigenvalue weighted by atomic mass is 10.1. The third-order valence-electron chi connectivity index (χ3n) is 4.96. The highest BCUT2D eigenvalue weighted by atomic mass is 19.1. The number of aromatic nitrogens is 3. The van der Waals surface area contributed by atoms with E-state index in [0.29, 0.717) is 37.4 Å². The average Bonchev–Trinajstić information content (AvgIpc) is 3.01. The number of aryl methyl sites for hydroxylation is 3. The number of amides is 1. The first-order chi connectivity index (χ1) is 12.9. The van der Waals surface area contributed by atoms with Crippen molar-refractivity contribution in [3.63, 3.8) is 0 Å². The first-order valence-corrected chi connectivity index (χ1v) is 8.99. The first kappa shape index (κ1) is 17.5. The summed E-state index contributed by atoms with van der Waals surface area (Å²) in [6.45, 7) is 6.70. The minimum absolute atomic E-state index is 0.0549. The van der Waals surface area contributed by atoms with Gasteiger partial charge in [-0.1, -0.05) is 0 Å². The van der Waals surface area contributed by atoms with Crippen LogP contribution in [0.5, 0.6) is 5.75 Å². The summed E-state index contributed by atoms with van der Waals surface area (Å²) in [7, 11) is 0. The van der Waals surface area contributed by atoms with E-state index in [1.54, 1.807) is 11.0 Å². The number of rotatable bonds is 3. The van der Waals surface area contributed by atoms with Crippen molar-refractivity contribution >= 4 is 17.2 Å². The van der Waals surface area contributed by atoms with E-state index in [2.05, 4.69) is 10.1 Å². The molecule has 0 fully saturated rings. The standard InChI is InChI=1S/C20H21FN4O2/c1-12-10-19-22-13(2)16(14(3)25(19)23-12)5-7-20(26)24-8-9-27-18-6-4-15(21)11-17(18)24/h4,6,10-11H,5,7-9H2,1-3H3. The Balaban J connectivity index is 1.57. The van der Waals surface area contributed by atoms with Crippen molar-refractivity contribution in [2.75, 3.05) is 18.1 Å². The van der Waals surface area contributed by atoms with Crippen molar-refractivity contribution in [3.05, 3.63) is 52.7 Å². The molecule has 3 heterocycles. The number of benzene rings is 1. The summed E-state index contributed by atoms with van der Waals surface area (Å²) in [6, 6.07) is 6.19. The third kappa shape index (κ3) is 3.13. The Morgan fingerprint density at radius 2 is 2.07 bits per heavy atom. The van der Waals surface area contributed by atoms with Crippen molar-refractivity contribution < 1.29 is 13.9 Å². The summed E-state index contributed by atoms with van der Waals surface area (Å²) >= 11 is 0. The molecule has 1 aromatic carbocycles. The number of ether oxygens (including phenoxy) is 1. The normalized spacial score (nSPS) is 13.6. The van der Waals surface area contributed by atoms with Gasteiger partial charge in [0.1, 0.15) is 18.2 Å². The molecule has 0 bridgehead atoms. The molecule has 0 saturated heterocycles. The molecule has 0 saturated carbocycles. The maximum Gasteiger partial charge on any atom is 0.227 e. The number of nitrogens with zero attached hydrogens (tertiary/aromatic N) is 4. The lowest BCUT2D eigenvalue weighted by Gasteiger charge is -2.29. The maximum atomic E-state index is 13.6. The molecule has 1 amide bonds. The largest absolute Gasteiger partial charge is 0.490 e. The second-order valence-electron chi connectivity index (χ2n) is 6.82. The van der Waals surface area contributed by atoms with Crippen molar-refractivity contribution in [1.82, 2.24) is 14.6 Å². The van der Waals surface area contributed by atoms with Crippen LogP contribution in [0.25, 0.3) is 5.65 Å². The topological polar surface area (TPSA) is 59.7 Å². The van der Waals surface area contributed by atoms with E-state index in [4.69, 9.17) is 4.74 Å². The Bertz CT molecular complexity index is 1040. The van der Waals surface area contributed by atoms with Crippen LogP contribution in [0.4, 0.5) is 10.1 Å². The van der Waals surface area contributed by atoms with Crippen LogP contribution in [0, 0.1) is 26.6 Å². The number of carbonyl (C=O) groups is 1. The van der Waals surface area contributed by atoms with Crippen LogP contribution < -0.4 is 9.64 Å². The van der Waals surface area contributed by atoms with Crippen LogP contribution >= 0.6 is 0 Å². The minimum atomic E-state index is -0.382. The van der Waals surface area contributed by atoms with E-state index >= 15 is 0 Å². The fourth-order valence-corrected chi connectivity index (χ4v) is 3.62. The molecule has 0 aliphatic carbocycles. The Morgan fingerprint density at radius 1 is 1.26 bits per heavy atom. The quantitative estimate of drug-likeness (QED) is 0.713. The van der Waals surface area contributed by atoms with Gasteiger partial charge >= 0.3 is 0 Å². The Kier molecular flexibility index (Phi) is 4.30. The molecule has 1 aliphatic heterocycles. The average molecular weight is 368 g/mol. The van der Waals surface area contributed by atoms with E-state index in [1.807, 2.05) is 31.4 Å². The van der Waals surface area contributed by atoms with E-state index in [-0.39, 0.29) is 11.7 Å². The van der Waals surface area contributed by atoms with Gasteiger partial charge in [0.2, 0.25) is 5.91 Å². The number of anilines is 1. The monoisotopic (exact) mass is 368 g/mol. The first-order valence-electron chi connectivity index (χ1n) is 8.99. The van der Waals surface area contributed by atoms with Gasteiger partial charge < -0.3 is 9.64 Å². The molecule has 0 atom stereocenters. The van der Waals surface area contributed by atoms with Gasteiger partial charge in [-0.25, -0.2) is 13.9 Å². The number of hydrogen-bond acceptors (Lipinski definition) is 4. The second kappa shape index (κ2) is 6.64. The summed E-state index contributed by atoms with van der Waals surface area (Å²) in [4.78, 5) is 19.0. The summed E-state index contributed by atoms with van der Waals surface area (Å²) in [5.74, 6) is 0.103. The molecule has 4 rings (SSSR count). The number of carbonyl (C=O) groups excluding carboxylic acids is 1. The van der Waals surface area contributed by atoms with Crippen LogP contribution in [0.1, 0.15) is 29.1 Å². The number of hydrogen-bond donors (Lipinski definition) is 0. The highest BCUT2D eigenvalue weighted by Crippen LogP contribution is 2.32. The van der Waals surface area contributed by atoms with E-state index in [0.717, 1.165) is 28.3 Å². The zero-order chi connectivity index (χ0) is 19.1. The van der Waals surface area contributed by atoms with Crippen LogP contribution in [-0.4, -0.2) is 33.7 Å². The molecule has 140 valence electrons. The molecule has 27 heavy (non-hydrogen) atoms. The van der Waals surface area contributed by atoms with Gasteiger partial charge in [0.05, 0.1) is 17.9 Å². The second-order valence-corrected chi connectivity index (χ2v) is 6.82. The zero-order valence-corrected chi connectivity index (χ0v) is 15.6. The third-order valence-corrected chi connectivity index (χ3v) is 4.96. The Morgan fingerprint density at radius 3 is 2.89 bits per heavy atom. The highest BCUT2D eigenvalue weighted by molar-refractivity contribution is 5.95. The maximum absolute atomic E-state index is 13.6. The highest BCUT2D eigenvalue weighted by Gasteiger charge is 2.24. The Hall–Kier alpha value is -2.96. The van der Waals surface area contributed by atoms with Crippen molar-refractivity contribution in [3.8, 4) is 5.75 Å². The van der Waals surface area contributed by atoms with E-state index < -0.39 is 0 Å². The predicted octanol–water partition coefficient (Wildman–Crippen LogP) is 3.15. The van der Waals surface area contributed by atoms with Crippen LogP contribution in [0.2, 0.25) is 0 Å². The minimum Gasteiger partial charge on any atom is -0.490 e. The Labute approximate surface area is 156 Å². The molecule has 7 heteroatoms. The van der Waals surface area contributed by atoms with E-state index in [9.17, 15) is 9.18 Å². The van der Waals surface area contributed by atoms with Gasteiger partial charge in [0.25, 0.3) is 0 Å². The van der Waals surface area contributed by atoms with E-state index in [1.165, 1.54) is 12.1 Å². The fraction of sp³-hybridized carbons (Fsp3) is 0.350. The van der Waals surface area contributed by atoms with Gasteiger partial charge in [-0.2, -0.15) is 5.10 Å². The SMILES string of the molecule is Cc1cc2nc(C)c(CCC(=O)N3CCOc4ccc(F)cc43)c(C)n2n1. The lowest BCUT2D eigenvalue weighted by molar-refractivity contribution is -0.118. The van der Waals surface area contributed by atoms with Gasteiger partial charge in [-0.3, -0.25) is 4.79 Å². The molecule has 0 N–H and O–H groups in total. The molecule has 2 aromatic heterocycles. The number of halogens is 1. The summed E-state index contributed by atoms with van der Waals surface area (Å²) < 4.78 is 21.0. The molecule has 0 unspecified atom stereocenters. The van der Waals surface area contributed by atoms with Crippen LogP contribution in [0.15, 0.2) is 24.3 Å². The predicted molar refractivity (Wildman–Crippen MR) is 99.8 cm³/mol.